The molecule has 114 valence electrons. The van der Waals surface area contributed by atoms with E-state index < -0.39 is 0 Å². The molecular formula is C17H24N2O2. The first-order valence-electron chi connectivity index (χ1n) is 8.00. The fraction of sp³-hybridized carbons (Fsp3) is 0.588. The van der Waals surface area contributed by atoms with E-state index in [-0.39, 0.29) is 18.7 Å². The molecule has 1 aliphatic carbocycles. The van der Waals surface area contributed by atoms with Crippen LogP contribution >= 0.6 is 0 Å². The van der Waals surface area contributed by atoms with Crippen molar-refractivity contribution in [2.75, 3.05) is 13.2 Å². The fourth-order valence-electron chi connectivity index (χ4n) is 3.45. The second-order valence-electron chi connectivity index (χ2n) is 6.18. The molecule has 0 aromatic heterocycles. The molecule has 4 nitrogen and oxygen atoms in total. The monoisotopic (exact) mass is 288 g/mol. The molecule has 21 heavy (non-hydrogen) atoms. The van der Waals surface area contributed by atoms with Crippen molar-refractivity contribution in [3.8, 4) is 0 Å². The number of fused-ring (bicyclic) bond motifs is 1. The zero-order valence-corrected chi connectivity index (χ0v) is 12.6. The lowest BCUT2D eigenvalue weighted by Crippen LogP contribution is -2.47. The SMILES string of the molecule is CCCC1CC1NC(=O)N1CCc2ccccc2C1CO. The molecule has 1 aromatic rings. The van der Waals surface area contributed by atoms with Crippen LogP contribution in [0.3, 0.4) is 0 Å². The molecule has 1 aromatic carbocycles. The number of aliphatic hydroxyl groups excluding tert-OH is 1. The molecule has 1 fully saturated rings. The molecule has 0 bridgehead atoms. The summed E-state index contributed by atoms with van der Waals surface area (Å²) in [4.78, 5) is 14.3. The van der Waals surface area contributed by atoms with Crippen LogP contribution in [0.2, 0.25) is 0 Å². The van der Waals surface area contributed by atoms with Gasteiger partial charge in [-0.15, -0.1) is 0 Å². The Labute approximate surface area is 126 Å². The minimum Gasteiger partial charge on any atom is -0.394 e. The maximum atomic E-state index is 12.5. The second kappa shape index (κ2) is 6.06. The van der Waals surface area contributed by atoms with E-state index in [1.54, 1.807) is 4.90 Å². The number of rotatable bonds is 4. The maximum Gasteiger partial charge on any atom is 0.318 e. The van der Waals surface area contributed by atoms with Crippen molar-refractivity contribution in [1.82, 2.24) is 10.2 Å². The van der Waals surface area contributed by atoms with Gasteiger partial charge in [-0.3, -0.25) is 0 Å². The molecule has 2 amide bonds. The van der Waals surface area contributed by atoms with Gasteiger partial charge >= 0.3 is 6.03 Å². The van der Waals surface area contributed by atoms with Gasteiger partial charge in [0.2, 0.25) is 0 Å². The summed E-state index contributed by atoms with van der Waals surface area (Å²) >= 11 is 0. The molecule has 4 heteroatoms. The van der Waals surface area contributed by atoms with Crippen LogP contribution in [-0.2, 0) is 6.42 Å². The van der Waals surface area contributed by atoms with Crippen LogP contribution in [0, 0.1) is 5.92 Å². The van der Waals surface area contributed by atoms with E-state index >= 15 is 0 Å². The molecule has 0 radical (unpaired) electrons. The zero-order valence-electron chi connectivity index (χ0n) is 12.6. The standard InChI is InChI=1S/C17H24N2O2/c1-2-5-13-10-15(13)18-17(21)19-9-8-12-6-3-4-7-14(12)16(19)11-20/h3-4,6-7,13,15-16,20H,2,5,8-11H2,1H3,(H,18,21). The summed E-state index contributed by atoms with van der Waals surface area (Å²) in [6.45, 7) is 2.84. The maximum absolute atomic E-state index is 12.5. The van der Waals surface area contributed by atoms with E-state index in [0.717, 1.165) is 18.4 Å². The zero-order chi connectivity index (χ0) is 14.8. The predicted octanol–water partition coefficient (Wildman–Crippen LogP) is 2.48. The Balaban J connectivity index is 1.67. The van der Waals surface area contributed by atoms with E-state index in [2.05, 4.69) is 18.3 Å². The number of nitrogens with one attached hydrogen (secondary N) is 1. The summed E-state index contributed by atoms with van der Waals surface area (Å²) in [5, 5.41) is 12.9. The first kappa shape index (κ1) is 14.4. The Morgan fingerprint density at radius 2 is 2.24 bits per heavy atom. The molecule has 1 heterocycles. The first-order valence-corrected chi connectivity index (χ1v) is 8.00. The average molecular weight is 288 g/mol. The predicted molar refractivity (Wildman–Crippen MR) is 82.0 cm³/mol. The highest BCUT2D eigenvalue weighted by atomic mass is 16.3. The molecule has 3 rings (SSSR count). The van der Waals surface area contributed by atoms with Crippen LogP contribution in [0.1, 0.15) is 43.4 Å². The summed E-state index contributed by atoms with van der Waals surface area (Å²) in [6, 6.07) is 8.21. The van der Waals surface area contributed by atoms with E-state index in [0.29, 0.717) is 18.5 Å². The molecule has 1 saturated carbocycles. The Morgan fingerprint density at radius 3 is 3.00 bits per heavy atom. The highest BCUT2D eigenvalue weighted by molar-refractivity contribution is 5.76. The van der Waals surface area contributed by atoms with Gasteiger partial charge in [0.25, 0.3) is 0 Å². The van der Waals surface area contributed by atoms with Crippen molar-refractivity contribution in [2.24, 2.45) is 5.92 Å². The van der Waals surface area contributed by atoms with Gasteiger partial charge in [-0.05, 0) is 36.3 Å². The lowest BCUT2D eigenvalue weighted by molar-refractivity contribution is 0.126. The van der Waals surface area contributed by atoms with Crippen LogP contribution in [0.5, 0.6) is 0 Å². The summed E-state index contributed by atoms with van der Waals surface area (Å²) in [5.41, 5.74) is 2.33. The largest absolute Gasteiger partial charge is 0.394 e. The van der Waals surface area contributed by atoms with Crippen molar-refractivity contribution >= 4 is 6.03 Å². The van der Waals surface area contributed by atoms with Crippen molar-refractivity contribution in [3.63, 3.8) is 0 Å². The van der Waals surface area contributed by atoms with Crippen LogP contribution < -0.4 is 5.32 Å². The van der Waals surface area contributed by atoms with Crippen LogP contribution in [0.4, 0.5) is 4.79 Å². The third-order valence-electron chi connectivity index (χ3n) is 4.74. The number of hydrogen-bond donors (Lipinski definition) is 2. The van der Waals surface area contributed by atoms with Gasteiger partial charge in [0.05, 0.1) is 12.6 Å². The number of benzene rings is 1. The van der Waals surface area contributed by atoms with Crippen molar-refractivity contribution < 1.29 is 9.90 Å². The quantitative estimate of drug-likeness (QED) is 0.894. The molecule has 1 aliphatic heterocycles. The summed E-state index contributed by atoms with van der Waals surface area (Å²) in [7, 11) is 0. The third kappa shape index (κ3) is 2.91. The van der Waals surface area contributed by atoms with Gasteiger partial charge in [-0.1, -0.05) is 37.6 Å². The van der Waals surface area contributed by atoms with Gasteiger partial charge in [0, 0.05) is 12.6 Å². The minimum absolute atomic E-state index is 0.0203. The van der Waals surface area contributed by atoms with Gasteiger partial charge < -0.3 is 15.3 Å². The number of aliphatic hydroxyl groups is 1. The van der Waals surface area contributed by atoms with E-state index in [1.165, 1.54) is 18.4 Å². The normalized spacial score (nSPS) is 27.1. The second-order valence-corrected chi connectivity index (χ2v) is 6.18. The summed E-state index contributed by atoms with van der Waals surface area (Å²) < 4.78 is 0. The molecule has 3 unspecified atom stereocenters. The van der Waals surface area contributed by atoms with Crippen LogP contribution in [0.15, 0.2) is 24.3 Å². The molecule has 0 spiro atoms. The summed E-state index contributed by atoms with van der Waals surface area (Å²) in [5.74, 6) is 0.656. The Morgan fingerprint density at radius 1 is 1.43 bits per heavy atom. The number of carbonyl (C=O) groups is 1. The Hall–Kier alpha value is -1.55. The number of amides is 2. The smallest absolute Gasteiger partial charge is 0.318 e. The van der Waals surface area contributed by atoms with E-state index in [4.69, 9.17) is 0 Å². The molecule has 3 atom stereocenters. The average Bonchev–Trinajstić information content (AvgIpc) is 3.24. The van der Waals surface area contributed by atoms with Crippen molar-refractivity contribution in [1.29, 1.82) is 0 Å². The molecule has 2 N–H and O–H groups in total. The van der Waals surface area contributed by atoms with Gasteiger partial charge in [-0.2, -0.15) is 0 Å². The molecular weight excluding hydrogens is 264 g/mol. The Kier molecular flexibility index (Phi) is 4.15. The molecule has 0 saturated heterocycles. The highest BCUT2D eigenvalue weighted by Gasteiger charge is 2.39. The van der Waals surface area contributed by atoms with Crippen LogP contribution in [-0.4, -0.2) is 35.2 Å². The number of urea groups is 1. The lowest BCUT2D eigenvalue weighted by Gasteiger charge is -2.36. The molecule has 2 aliphatic rings. The number of carbonyl (C=O) groups excluding carboxylic acids is 1. The fourth-order valence-corrected chi connectivity index (χ4v) is 3.45. The third-order valence-corrected chi connectivity index (χ3v) is 4.74. The Bertz CT molecular complexity index is 517. The summed E-state index contributed by atoms with van der Waals surface area (Å²) in [6.07, 6.45) is 4.33. The van der Waals surface area contributed by atoms with Crippen molar-refractivity contribution in [3.05, 3.63) is 35.4 Å². The van der Waals surface area contributed by atoms with Crippen molar-refractivity contribution in [2.45, 2.75) is 44.7 Å². The minimum atomic E-state index is -0.210. The lowest BCUT2D eigenvalue weighted by atomic mass is 9.93. The van der Waals surface area contributed by atoms with Gasteiger partial charge in [0.15, 0.2) is 0 Å². The topological polar surface area (TPSA) is 52.6 Å². The number of nitrogens with zero attached hydrogens (tertiary/aromatic N) is 1. The van der Waals surface area contributed by atoms with Gasteiger partial charge in [0.1, 0.15) is 0 Å². The van der Waals surface area contributed by atoms with Crippen LogP contribution in [0.25, 0.3) is 0 Å². The van der Waals surface area contributed by atoms with E-state index in [1.807, 2.05) is 18.2 Å². The first-order chi connectivity index (χ1) is 10.2. The highest BCUT2D eigenvalue weighted by Crippen LogP contribution is 2.35. The van der Waals surface area contributed by atoms with E-state index in [9.17, 15) is 9.90 Å². The number of hydrogen-bond acceptors (Lipinski definition) is 2. The van der Waals surface area contributed by atoms with Gasteiger partial charge in [-0.25, -0.2) is 4.79 Å².